The van der Waals surface area contributed by atoms with Crippen molar-refractivity contribution in [2.45, 2.75) is 6.42 Å². The largest absolute Gasteiger partial charge is 2.00 e. The molecule has 19 heavy (non-hydrogen) atoms. The molecule has 0 saturated heterocycles. The predicted octanol–water partition coefficient (Wildman–Crippen LogP) is 1.98. The van der Waals surface area contributed by atoms with Crippen molar-refractivity contribution in [1.29, 1.82) is 0 Å². The molecule has 0 unspecified atom stereocenters. The number of hydrogen-bond donors (Lipinski definition) is 0. The number of carboxylic acids is 1. The molecule has 1 aliphatic carbocycles. The molecular weight excluding hydrogens is 288 g/mol. The van der Waals surface area contributed by atoms with Crippen LogP contribution in [0.3, 0.4) is 0 Å². The number of carbonyl (C=O) groups is 1. The average molecular weight is 300 g/mol. The summed E-state index contributed by atoms with van der Waals surface area (Å²) < 4.78 is 0. The molecule has 0 atom stereocenters. The minimum Gasteiger partial charge on any atom is -0.545 e. The second-order valence-electron chi connectivity index (χ2n) is 3.92. The van der Waals surface area contributed by atoms with Crippen molar-refractivity contribution in [3.05, 3.63) is 72.3 Å². The van der Waals surface area contributed by atoms with Gasteiger partial charge < -0.3 is 9.90 Å². The molecule has 3 heteroatoms. The van der Waals surface area contributed by atoms with Crippen molar-refractivity contribution >= 4 is 5.97 Å². The van der Waals surface area contributed by atoms with Gasteiger partial charge in [-0.15, -0.1) is 5.56 Å². The molecule has 0 heterocycles. The summed E-state index contributed by atoms with van der Waals surface area (Å²) in [5.74, 6) is -1.23. The van der Waals surface area contributed by atoms with E-state index in [1.165, 1.54) is 22.3 Å². The summed E-state index contributed by atoms with van der Waals surface area (Å²) in [6, 6.07) is 18.1. The van der Waals surface area contributed by atoms with E-state index in [0.29, 0.717) is 0 Å². The number of fused-ring (bicyclic) bond motifs is 3. The Kier molecular flexibility index (Phi) is 5.56. The van der Waals surface area contributed by atoms with Crippen LogP contribution in [0.15, 0.2) is 55.1 Å². The zero-order chi connectivity index (χ0) is 13.0. The number of benzene rings is 2. The third-order valence-corrected chi connectivity index (χ3v) is 2.78. The maximum Gasteiger partial charge on any atom is 2.00 e. The first-order valence-corrected chi connectivity index (χ1v) is 5.63. The number of carbonyl (C=O) groups excluding carboxylic acids is 1. The second-order valence-corrected chi connectivity index (χ2v) is 3.92. The van der Waals surface area contributed by atoms with Crippen LogP contribution in [0.1, 0.15) is 11.1 Å². The van der Waals surface area contributed by atoms with Crippen molar-refractivity contribution in [2.75, 3.05) is 0 Å². The van der Waals surface area contributed by atoms with Gasteiger partial charge in [0.25, 0.3) is 0 Å². The van der Waals surface area contributed by atoms with Gasteiger partial charge in [-0.05, 0) is 12.5 Å². The summed E-state index contributed by atoms with van der Waals surface area (Å²) >= 11 is 0. The van der Waals surface area contributed by atoms with Gasteiger partial charge in [-0.2, -0.15) is 29.8 Å². The topological polar surface area (TPSA) is 40.1 Å². The molecule has 2 nitrogen and oxygen atoms in total. The molecule has 99 valence electrons. The quantitative estimate of drug-likeness (QED) is 0.392. The molecule has 3 rings (SSSR count). The summed E-state index contributed by atoms with van der Waals surface area (Å²) in [7, 11) is 0. The fourth-order valence-corrected chi connectivity index (χ4v) is 2.00. The van der Waals surface area contributed by atoms with Gasteiger partial charge in [-0.1, -0.05) is 42.0 Å². The Morgan fingerprint density at radius 3 is 2.53 bits per heavy atom. The van der Waals surface area contributed by atoms with Crippen LogP contribution in [0.4, 0.5) is 0 Å². The van der Waals surface area contributed by atoms with E-state index in [0.717, 1.165) is 12.5 Å². The van der Waals surface area contributed by atoms with Gasteiger partial charge in [0.1, 0.15) is 0 Å². The van der Waals surface area contributed by atoms with E-state index in [1.54, 1.807) is 0 Å². The standard InChI is InChI=1S/C13H9.C3H4O2.Cu/c1-3-7-12-10(5-1)9-11-6-2-4-8-13(11)12;1-2-3(4)5;/h1-5,7-8H,9H2;2H,1H2,(H,4,5);/q-1;;+2/p-1. The number of carboxylic acid groups (broad SMARTS) is 1. The molecule has 0 bridgehead atoms. The second kappa shape index (κ2) is 6.93. The fourth-order valence-electron chi connectivity index (χ4n) is 2.00. The maximum atomic E-state index is 9.14. The molecule has 1 aliphatic rings. The molecule has 0 aromatic heterocycles. The smallest absolute Gasteiger partial charge is 0.545 e. The third kappa shape index (κ3) is 3.57. The average Bonchev–Trinajstić information content (AvgIpc) is 2.78. The van der Waals surface area contributed by atoms with Crippen LogP contribution in [-0.4, -0.2) is 5.97 Å². The first-order valence-electron chi connectivity index (χ1n) is 5.63. The van der Waals surface area contributed by atoms with Crippen molar-refractivity contribution in [2.24, 2.45) is 0 Å². The van der Waals surface area contributed by atoms with E-state index in [2.05, 4.69) is 49.0 Å². The monoisotopic (exact) mass is 299 g/mol. The Bertz CT molecular complexity index is 547. The van der Waals surface area contributed by atoms with E-state index in [4.69, 9.17) is 9.90 Å². The maximum absolute atomic E-state index is 9.14. The van der Waals surface area contributed by atoms with E-state index in [1.807, 2.05) is 6.07 Å². The van der Waals surface area contributed by atoms with Crippen molar-refractivity contribution in [3.63, 3.8) is 0 Å². The van der Waals surface area contributed by atoms with E-state index < -0.39 is 5.97 Å². The van der Waals surface area contributed by atoms with Crippen LogP contribution in [-0.2, 0) is 28.3 Å². The SMILES string of the molecule is C=CC(=O)[O-].[Cu+2].[c-]1cccc2c1Cc1ccccc1-2. The summed E-state index contributed by atoms with van der Waals surface area (Å²) in [4.78, 5) is 9.14. The molecule has 0 spiro atoms. The summed E-state index contributed by atoms with van der Waals surface area (Å²) in [6.07, 6.45) is 1.77. The number of aliphatic carboxylic acids is 1. The normalized spacial score (nSPS) is 10.1. The minimum absolute atomic E-state index is 0. The number of rotatable bonds is 1. The van der Waals surface area contributed by atoms with Crippen molar-refractivity contribution < 1.29 is 27.0 Å². The Morgan fingerprint density at radius 1 is 1.21 bits per heavy atom. The first-order chi connectivity index (χ1) is 8.72. The predicted molar refractivity (Wildman–Crippen MR) is 68.7 cm³/mol. The number of hydrogen-bond acceptors (Lipinski definition) is 2. The molecular formula is C16H12CuO2. The summed E-state index contributed by atoms with van der Waals surface area (Å²) in [5.41, 5.74) is 5.51. The summed E-state index contributed by atoms with van der Waals surface area (Å²) in [5, 5.41) is 9.14. The Morgan fingerprint density at radius 2 is 1.84 bits per heavy atom. The molecule has 0 aliphatic heterocycles. The third-order valence-electron chi connectivity index (χ3n) is 2.78. The van der Waals surface area contributed by atoms with Crippen molar-refractivity contribution in [1.82, 2.24) is 0 Å². The van der Waals surface area contributed by atoms with Crippen LogP contribution >= 0.6 is 0 Å². The fraction of sp³-hybridized carbons (Fsp3) is 0.0625. The van der Waals surface area contributed by atoms with Gasteiger partial charge in [-0.25, -0.2) is 0 Å². The zero-order valence-corrected chi connectivity index (χ0v) is 11.1. The van der Waals surface area contributed by atoms with Crippen LogP contribution < -0.4 is 5.11 Å². The minimum atomic E-state index is -1.23. The molecule has 0 N–H and O–H groups in total. The summed E-state index contributed by atoms with van der Waals surface area (Å²) in [6.45, 7) is 2.90. The van der Waals surface area contributed by atoms with Gasteiger partial charge in [-0.3, -0.25) is 0 Å². The van der Waals surface area contributed by atoms with E-state index in [9.17, 15) is 0 Å². The molecule has 0 saturated carbocycles. The van der Waals surface area contributed by atoms with Crippen molar-refractivity contribution in [3.8, 4) is 11.1 Å². The van der Waals surface area contributed by atoms with Crippen LogP contribution in [0.5, 0.6) is 0 Å². The molecule has 2 aromatic carbocycles. The Balaban J connectivity index is 0.000000265. The van der Waals surface area contributed by atoms with Gasteiger partial charge in [0.15, 0.2) is 0 Å². The van der Waals surface area contributed by atoms with Gasteiger partial charge in [0.2, 0.25) is 0 Å². The van der Waals surface area contributed by atoms with Gasteiger partial charge in [0.05, 0.1) is 5.97 Å². The van der Waals surface area contributed by atoms with E-state index in [-0.39, 0.29) is 17.1 Å². The van der Waals surface area contributed by atoms with Crippen LogP contribution in [0.25, 0.3) is 11.1 Å². The van der Waals surface area contributed by atoms with Gasteiger partial charge >= 0.3 is 17.1 Å². The molecule has 0 fully saturated rings. The molecule has 0 amide bonds. The Labute approximate surface area is 123 Å². The first kappa shape index (κ1) is 15.2. The zero-order valence-electron chi connectivity index (χ0n) is 10.2. The van der Waals surface area contributed by atoms with E-state index >= 15 is 0 Å². The van der Waals surface area contributed by atoms with Crippen LogP contribution in [0, 0.1) is 6.07 Å². The molecule has 2 aromatic rings. The van der Waals surface area contributed by atoms with Crippen LogP contribution in [0.2, 0.25) is 0 Å². The van der Waals surface area contributed by atoms with Gasteiger partial charge in [0, 0.05) is 0 Å². The molecule has 1 radical (unpaired) electrons. The Hall–Kier alpha value is -1.83.